The van der Waals surface area contributed by atoms with E-state index in [1.54, 1.807) is 0 Å². The predicted molar refractivity (Wildman–Crippen MR) is 62.6 cm³/mol. The van der Waals surface area contributed by atoms with Crippen LogP contribution in [0, 0.1) is 0 Å². The molecule has 0 aromatic rings. The number of carbonyl (C=O) groups is 2. The number of carboxylic acids is 1. The first-order chi connectivity index (χ1) is 8.39. The van der Waals surface area contributed by atoms with Crippen LogP contribution in [0.4, 0.5) is 4.79 Å². The zero-order chi connectivity index (χ0) is 13.3. The summed E-state index contributed by atoms with van der Waals surface area (Å²) < 4.78 is 22.3. The van der Waals surface area contributed by atoms with Gasteiger partial charge >= 0.3 is 12.0 Å². The van der Waals surface area contributed by atoms with E-state index in [4.69, 9.17) is 5.11 Å². The minimum atomic E-state index is -3.22. The highest BCUT2D eigenvalue weighted by Gasteiger charge is 2.35. The topological polar surface area (TPSA) is 104 Å². The van der Waals surface area contributed by atoms with Crippen LogP contribution < -0.4 is 5.32 Å². The molecule has 7 nitrogen and oxygen atoms in total. The molecule has 2 heterocycles. The molecular formula is C10H14N2O5S. The summed E-state index contributed by atoms with van der Waals surface area (Å²) in [4.78, 5) is 24.0. The molecule has 8 heteroatoms. The molecule has 2 amide bonds. The lowest BCUT2D eigenvalue weighted by Crippen LogP contribution is -2.49. The quantitative estimate of drug-likeness (QED) is 0.710. The van der Waals surface area contributed by atoms with Crippen molar-refractivity contribution in [2.75, 3.05) is 12.3 Å². The first kappa shape index (κ1) is 12.9. The van der Waals surface area contributed by atoms with E-state index in [1.165, 1.54) is 11.0 Å². The number of aliphatic carboxylic acids is 1. The third kappa shape index (κ3) is 2.63. The maximum atomic E-state index is 11.8. The third-order valence-electron chi connectivity index (χ3n) is 3.04. The summed E-state index contributed by atoms with van der Waals surface area (Å²) in [6.45, 7) is 0.381. The van der Waals surface area contributed by atoms with E-state index in [9.17, 15) is 18.0 Å². The fraction of sp³-hybridized carbons (Fsp3) is 0.600. The van der Waals surface area contributed by atoms with Gasteiger partial charge in [-0.3, -0.25) is 0 Å². The molecule has 18 heavy (non-hydrogen) atoms. The van der Waals surface area contributed by atoms with Crippen LogP contribution in [0.1, 0.15) is 12.8 Å². The standard InChI is InChI=1S/C10H14N2O5S/c13-9(14)8-2-1-4-12(8)10(15)11-7-3-5-18(16,17)6-7/h3,5,7-8H,1-2,4,6H2,(H,11,15)(H,13,14)/t7?,8-/m0/s1. The smallest absolute Gasteiger partial charge is 0.326 e. The summed E-state index contributed by atoms with van der Waals surface area (Å²) in [5, 5.41) is 12.5. The lowest BCUT2D eigenvalue weighted by Gasteiger charge is -2.23. The van der Waals surface area contributed by atoms with Gasteiger partial charge in [0.15, 0.2) is 9.84 Å². The van der Waals surface area contributed by atoms with Crippen molar-refractivity contribution in [3.05, 3.63) is 11.5 Å². The molecule has 1 unspecified atom stereocenters. The summed E-state index contributed by atoms with van der Waals surface area (Å²) in [7, 11) is -3.22. The number of hydrogen-bond donors (Lipinski definition) is 2. The van der Waals surface area contributed by atoms with Crippen molar-refractivity contribution >= 4 is 21.8 Å². The van der Waals surface area contributed by atoms with Gasteiger partial charge in [-0.2, -0.15) is 0 Å². The van der Waals surface area contributed by atoms with E-state index in [-0.39, 0.29) is 5.75 Å². The molecule has 0 aromatic heterocycles. The summed E-state index contributed by atoms with van der Waals surface area (Å²) in [5.41, 5.74) is 0. The van der Waals surface area contributed by atoms with Crippen LogP contribution in [0.5, 0.6) is 0 Å². The molecule has 0 saturated carbocycles. The Balaban J connectivity index is 1.97. The molecule has 2 atom stereocenters. The van der Waals surface area contributed by atoms with Crippen LogP contribution in [-0.2, 0) is 14.6 Å². The number of carbonyl (C=O) groups excluding carboxylic acids is 1. The molecular weight excluding hydrogens is 260 g/mol. The number of sulfone groups is 1. The monoisotopic (exact) mass is 274 g/mol. The Hall–Kier alpha value is -1.57. The molecule has 2 aliphatic heterocycles. The lowest BCUT2D eigenvalue weighted by atomic mass is 10.2. The van der Waals surface area contributed by atoms with Crippen LogP contribution in [0.25, 0.3) is 0 Å². The highest BCUT2D eigenvalue weighted by molar-refractivity contribution is 7.94. The van der Waals surface area contributed by atoms with Crippen molar-refractivity contribution in [3.63, 3.8) is 0 Å². The average molecular weight is 274 g/mol. The molecule has 1 fully saturated rings. The van der Waals surface area contributed by atoms with Gasteiger partial charge in [0, 0.05) is 12.0 Å². The Bertz CT molecular complexity index is 498. The summed E-state index contributed by atoms with van der Waals surface area (Å²) in [6.07, 6.45) is 2.48. The normalized spacial score (nSPS) is 29.4. The molecule has 0 aliphatic carbocycles. The number of rotatable bonds is 2. The van der Waals surface area contributed by atoms with Crippen molar-refractivity contribution < 1.29 is 23.1 Å². The van der Waals surface area contributed by atoms with Gasteiger partial charge in [0.2, 0.25) is 0 Å². The molecule has 2 rings (SSSR count). The SMILES string of the molecule is O=C(O)[C@@H]1CCCN1C(=O)NC1C=CS(=O)(=O)C1. The Kier molecular flexibility index (Phi) is 3.29. The fourth-order valence-electron chi connectivity index (χ4n) is 2.17. The maximum absolute atomic E-state index is 11.8. The molecule has 2 N–H and O–H groups in total. The summed E-state index contributed by atoms with van der Waals surface area (Å²) in [5.74, 6) is -1.19. The van der Waals surface area contributed by atoms with Gasteiger partial charge in [0.1, 0.15) is 6.04 Å². The second kappa shape index (κ2) is 4.60. The Labute approximate surface area is 104 Å². The van der Waals surface area contributed by atoms with E-state index in [2.05, 4.69) is 5.32 Å². The van der Waals surface area contributed by atoms with Crippen molar-refractivity contribution in [2.45, 2.75) is 24.9 Å². The Morgan fingerprint density at radius 1 is 1.39 bits per heavy atom. The number of urea groups is 1. The maximum Gasteiger partial charge on any atom is 0.326 e. The third-order valence-corrected chi connectivity index (χ3v) is 4.43. The van der Waals surface area contributed by atoms with Crippen molar-refractivity contribution in [3.8, 4) is 0 Å². The number of hydrogen-bond acceptors (Lipinski definition) is 4. The van der Waals surface area contributed by atoms with Gasteiger partial charge in [-0.1, -0.05) is 0 Å². The van der Waals surface area contributed by atoms with Gasteiger partial charge in [0.25, 0.3) is 0 Å². The van der Waals surface area contributed by atoms with E-state index < -0.39 is 33.9 Å². The summed E-state index contributed by atoms with van der Waals surface area (Å²) >= 11 is 0. The first-order valence-corrected chi connectivity index (χ1v) is 7.31. The van der Waals surface area contributed by atoms with Gasteiger partial charge in [-0.15, -0.1) is 0 Å². The molecule has 0 radical (unpaired) electrons. The van der Waals surface area contributed by atoms with Crippen molar-refractivity contribution in [1.29, 1.82) is 0 Å². The number of carboxylic acid groups (broad SMARTS) is 1. The number of amides is 2. The number of nitrogens with one attached hydrogen (secondary N) is 1. The minimum Gasteiger partial charge on any atom is -0.480 e. The zero-order valence-corrected chi connectivity index (χ0v) is 10.4. The minimum absolute atomic E-state index is 0.162. The molecule has 1 saturated heterocycles. The molecule has 0 spiro atoms. The van der Waals surface area contributed by atoms with E-state index in [1.807, 2.05) is 0 Å². The second-order valence-corrected chi connectivity index (χ2v) is 6.33. The second-order valence-electron chi connectivity index (χ2n) is 4.40. The molecule has 0 aromatic carbocycles. The Morgan fingerprint density at radius 3 is 2.67 bits per heavy atom. The average Bonchev–Trinajstić information content (AvgIpc) is 2.84. The highest BCUT2D eigenvalue weighted by Crippen LogP contribution is 2.18. The zero-order valence-electron chi connectivity index (χ0n) is 9.57. The van der Waals surface area contributed by atoms with E-state index in [0.717, 1.165) is 5.41 Å². The fourth-order valence-corrected chi connectivity index (χ4v) is 3.41. The molecule has 2 aliphatic rings. The van der Waals surface area contributed by atoms with E-state index in [0.29, 0.717) is 19.4 Å². The van der Waals surface area contributed by atoms with Gasteiger partial charge < -0.3 is 15.3 Å². The van der Waals surface area contributed by atoms with Gasteiger partial charge in [-0.05, 0) is 18.9 Å². The molecule has 0 bridgehead atoms. The van der Waals surface area contributed by atoms with Crippen LogP contribution in [0.15, 0.2) is 11.5 Å². The van der Waals surface area contributed by atoms with Crippen LogP contribution in [-0.4, -0.2) is 54.8 Å². The lowest BCUT2D eigenvalue weighted by molar-refractivity contribution is -0.141. The number of nitrogens with zero attached hydrogens (tertiary/aromatic N) is 1. The largest absolute Gasteiger partial charge is 0.480 e. The van der Waals surface area contributed by atoms with Crippen LogP contribution in [0.2, 0.25) is 0 Å². The summed E-state index contributed by atoms with van der Waals surface area (Å²) in [6, 6.07) is -1.91. The van der Waals surface area contributed by atoms with Crippen LogP contribution >= 0.6 is 0 Å². The predicted octanol–water partition coefficient (Wildman–Crippen LogP) is -0.444. The molecule has 100 valence electrons. The Morgan fingerprint density at radius 2 is 2.11 bits per heavy atom. The first-order valence-electron chi connectivity index (χ1n) is 5.60. The van der Waals surface area contributed by atoms with Crippen molar-refractivity contribution in [1.82, 2.24) is 10.2 Å². The highest BCUT2D eigenvalue weighted by atomic mass is 32.2. The van der Waals surface area contributed by atoms with Crippen LogP contribution in [0.3, 0.4) is 0 Å². The van der Waals surface area contributed by atoms with Gasteiger partial charge in [-0.25, -0.2) is 18.0 Å². The number of likely N-dealkylation sites (tertiary alicyclic amines) is 1. The van der Waals surface area contributed by atoms with E-state index >= 15 is 0 Å². The van der Waals surface area contributed by atoms with Gasteiger partial charge in [0.05, 0.1) is 11.8 Å². The van der Waals surface area contributed by atoms with Crippen molar-refractivity contribution in [2.24, 2.45) is 0 Å².